The van der Waals surface area contributed by atoms with Crippen LogP contribution < -0.4 is 15.4 Å². The van der Waals surface area contributed by atoms with Crippen molar-refractivity contribution < 1.29 is 33.0 Å². The molecule has 0 saturated carbocycles. The summed E-state index contributed by atoms with van der Waals surface area (Å²) in [4.78, 5) is 25.1. The number of methoxy groups -OCH3 is 1. The van der Waals surface area contributed by atoms with Crippen molar-refractivity contribution in [2.75, 3.05) is 13.7 Å². The zero-order chi connectivity index (χ0) is 30.1. The Hall–Kier alpha value is -3.51. The number of carbonyl (C=O) groups is 2. The van der Waals surface area contributed by atoms with Crippen molar-refractivity contribution in [1.29, 1.82) is 0 Å². The second-order valence-electron chi connectivity index (χ2n) is 11.8. The van der Waals surface area contributed by atoms with Gasteiger partial charge in [-0.05, 0) is 43.5 Å². The van der Waals surface area contributed by atoms with Gasteiger partial charge in [0, 0.05) is 38.4 Å². The van der Waals surface area contributed by atoms with Gasteiger partial charge in [-0.15, -0.1) is 0 Å². The molecule has 1 aliphatic rings. The number of hydrogen-bond donors (Lipinski definition) is 3. The lowest BCUT2D eigenvalue weighted by Gasteiger charge is -2.20. The van der Waals surface area contributed by atoms with Crippen molar-refractivity contribution in [1.82, 2.24) is 20.4 Å². The van der Waals surface area contributed by atoms with Gasteiger partial charge in [0.2, 0.25) is 0 Å². The van der Waals surface area contributed by atoms with Gasteiger partial charge in [0.25, 0.3) is 11.8 Å². The van der Waals surface area contributed by atoms with Crippen LogP contribution in [0.25, 0.3) is 10.9 Å². The van der Waals surface area contributed by atoms with Gasteiger partial charge in [-0.25, -0.2) is 18.3 Å². The van der Waals surface area contributed by atoms with E-state index in [9.17, 15) is 23.5 Å². The van der Waals surface area contributed by atoms with Crippen LogP contribution in [0.3, 0.4) is 0 Å². The number of carboxylic acid groups (broad SMARTS) is 1. The van der Waals surface area contributed by atoms with Crippen LogP contribution in [0.4, 0.5) is 13.6 Å². The fraction of sp³-hybridized carbons (Fsp3) is 0.483. The van der Waals surface area contributed by atoms with E-state index in [-0.39, 0.29) is 30.7 Å². The Morgan fingerprint density at radius 3 is 2.54 bits per heavy atom. The molecule has 2 atom stereocenters. The van der Waals surface area contributed by atoms with Gasteiger partial charge < -0.3 is 25.2 Å². The molecule has 0 aliphatic heterocycles. The predicted octanol–water partition coefficient (Wildman–Crippen LogP) is 6.21. The van der Waals surface area contributed by atoms with E-state index in [1.165, 1.54) is 13.2 Å². The molecule has 1 aliphatic carbocycles. The molecular formula is C29H38F2N4O5Si. The van der Waals surface area contributed by atoms with Crippen molar-refractivity contribution in [2.45, 2.75) is 77.1 Å². The van der Waals surface area contributed by atoms with Crippen LogP contribution >= 0.6 is 0 Å². The fourth-order valence-electron chi connectivity index (χ4n) is 5.22. The Morgan fingerprint density at radius 1 is 1.17 bits per heavy atom. The maximum Gasteiger partial charge on any atom is 0.405 e. The predicted molar refractivity (Wildman–Crippen MR) is 155 cm³/mol. The molecule has 1 aromatic heterocycles. The third-order valence-electron chi connectivity index (χ3n) is 7.41. The summed E-state index contributed by atoms with van der Waals surface area (Å²) in [6.07, 6.45) is 0.469. The highest BCUT2D eigenvalue weighted by atomic mass is 28.3. The highest BCUT2D eigenvalue weighted by molar-refractivity contribution is 6.76. The number of ether oxygens (including phenoxy) is 2. The summed E-state index contributed by atoms with van der Waals surface area (Å²) in [5.74, 6) is -2.97. The zero-order valence-electron chi connectivity index (χ0n) is 24.3. The number of rotatable bonds is 11. The summed E-state index contributed by atoms with van der Waals surface area (Å²) in [7, 11) is 0.191. The number of fused-ring (bicyclic) bond motifs is 2. The Balaban J connectivity index is 1.70. The monoisotopic (exact) mass is 588 g/mol. The SMILES string of the molecule is COc1c(C(C)NC(=O)O)cc(C(=O)N[C@H](C)c2cccc3c2CCC3(F)F)c2nn(COCC[Si](C)(C)C)cc12. The molecule has 0 saturated heterocycles. The number of carbonyl (C=O) groups excluding carboxylic acids is 1. The number of amides is 2. The van der Waals surface area contributed by atoms with Crippen LogP contribution in [-0.4, -0.2) is 48.7 Å². The van der Waals surface area contributed by atoms with Gasteiger partial charge in [0.05, 0.1) is 30.1 Å². The molecule has 9 nitrogen and oxygen atoms in total. The minimum Gasteiger partial charge on any atom is -0.496 e. The smallest absolute Gasteiger partial charge is 0.405 e. The maximum absolute atomic E-state index is 14.4. The Bertz CT molecular complexity index is 1450. The van der Waals surface area contributed by atoms with Crippen LogP contribution in [0, 0.1) is 0 Å². The second-order valence-corrected chi connectivity index (χ2v) is 17.4. The standard InChI is InChI=1S/C29H38F2N4O5Si/c1-17(19-8-7-9-24-20(19)10-11-29(24,30)31)32-27(36)22-14-21(18(2)33-28(37)38)26(39-3)23-15-35(34-25(22)23)16-40-12-13-41(4,5)6/h7-9,14-15,17-18,33H,10-13,16H2,1-6H3,(H,32,36)(H,37,38)/t17-,18?/m1/s1. The molecule has 0 bridgehead atoms. The summed E-state index contributed by atoms with van der Waals surface area (Å²) in [6, 6.07) is 6.07. The third kappa shape index (κ3) is 6.70. The van der Waals surface area contributed by atoms with E-state index < -0.39 is 38.1 Å². The summed E-state index contributed by atoms with van der Waals surface area (Å²) >= 11 is 0. The van der Waals surface area contributed by atoms with E-state index in [1.807, 2.05) is 0 Å². The minimum atomic E-state index is -2.89. The maximum atomic E-state index is 14.4. The molecule has 222 valence electrons. The van der Waals surface area contributed by atoms with E-state index >= 15 is 0 Å². The topological polar surface area (TPSA) is 115 Å². The highest BCUT2D eigenvalue weighted by Crippen LogP contribution is 2.44. The van der Waals surface area contributed by atoms with Gasteiger partial charge in [0.1, 0.15) is 18.0 Å². The van der Waals surface area contributed by atoms with E-state index in [0.29, 0.717) is 39.9 Å². The van der Waals surface area contributed by atoms with Crippen LogP contribution in [0.2, 0.25) is 25.7 Å². The number of nitrogens with one attached hydrogen (secondary N) is 2. The average molecular weight is 589 g/mol. The number of aromatic nitrogens is 2. The molecule has 2 amide bonds. The molecule has 1 unspecified atom stereocenters. The van der Waals surface area contributed by atoms with E-state index in [0.717, 1.165) is 6.04 Å². The molecule has 3 aromatic rings. The Labute approximate surface area is 239 Å². The molecule has 41 heavy (non-hydrogen) atoms. The number of nitrogens with zero attached hydrogens (tertiary/aromatic N) is 2. The first-order chi connectivity index (χ1) is 19.2. The minimum absolute atomic E-state index is 0.00617. The number of halogens is 2. The molecule has 3 N–H and O–H groups in total. The van der Waals surface area contributed by atoms with Gasteiger partial charge in [-0.1, -0.05) is 37.8 Å². The second kappa shape index (κ2) is 11.8. The Morgan fingerprint density at radius 2 is 1.88 bits per heavy atom. The quantitative estimate of drug-likeness (QED) is 0.181. The number of benzene rings is 2. The first-order valence-electron chi connectivity index (χ1n) is 13.7. The van der Waals surface area contributed by atoms with Gasteiger partial charge in [-0.2, -0.15) is 5.10 Å². The molecule has 4 rings (SSSR count). The lowest BCUT2D eigenvalue weighted by atomic mass is 9.96. The first-order valence-corrected chi connectivity index (χ1v) is 17.4. The molecule has 1 heterocycles. The van der Waals surface area contributed by atoms with Crippen LogP contribution in [-0.2, 0) is 23.8 Å². The van der Waals surface area contributed by atoms with E-state index in [4.69, 9.17) is 9.47 Å². The average Bonchev–Trinajstić information content (AvgIpc) is 3.45. The molecule has 0 spiro atoms. The fourth-order valence-corrected chi connectivity index (χ4v) is 5.98. The van der Waals surface area contributed by atoms with Gasteiger partial charge >= 0.3 is 6.09 Å². The van der Waals surface area contributed by atoms with E-state index in [2.05, 4.69) is 35.4 Å². The lowest BCUT2D eigenvalue weighted by molar-refractivity contribution is -0.00185. The van der Waals surface area contributed by atoms with Crippen molar-refractivity contribution in [2.24, 2.45) is 0 Å². The number of hydrogen-bond acceptors (Lipinski definition) is 5. The number of alkyl halides is 2. The largest absolute Gasteiger partial charge is 0.496 e. The summed E-state index contributed by atoms with van der Waals surface area (Å²) < 4.78 is 41.9. The Kier molecular flexibility index (Phi) is 8.74. The van der Waals surface area contributed by atoms with Crippen molar-refractivity contribution in [3.63, 3.8) is 0 Å². The van der Waals surface area contributed by atoms with Gasteiger partial charge in [0.15, 0.2) is 0 Å². The zero-order valence-corrected chi connectivity index (χ0v) is 25.3. The molecule has 0 fully saturated rings. The van der Waals surface area contributed by atoms with Crippen LogP contribution in [0.1, 0.15) is 65.0 Å². The van der Waals surface area contributed by atoms with Crippen molar-refractivity contribution in [3.05, 3.63) is 58.3 Å². The third-order valence-corrected chi connectivity index (χ3v) is 9.11. The van der Waals surface area contributed by atoms with Gasteiger partial charge in [-0.3, -0.25) is 4.79 Å². The van der Waals surface area contributed by atoms with Crippen molar-refractivity contribution in [3.8, 4) is 5.75 Å². The van der Waals surface area contributed by atoms with Crippen LogP contribution in [0.15, 0.2) is 30.5 Å². The van der Waals surface area contributed by atoms with Crippen molar-refractivity contribution >= 4 is 31.0 Å². The first kappa shape index (κ1) is 30.4. The lowest BCUT2D eigenvalue weighted by Crippen LogP contribution is -2.29. The summed E-state index contributed by atoms with van der Waals surface area (Å²) in [5.41, 5.74) is 2.23. The molecule has 12 heteroatoms. The summed E-state index contributed by atoms with van der Waals surface area (Å²) in [5, 5.41) is 19.8. The normalized spacial score (nSPS) is 15.8. The summed E-state index contributed by atoms with van der Waals surface area (Å²) in [6.45, 7) is 10.9. The molecular weight excluding hydrogens is 550 g/mol. The highest BCUT2D eigenvalue weighted by Gasteiger charge is 2.40. The molecule has 2 aromatic carbocycles. The molecule has 0 radical (unpaired) electrons. The van der Waals surface area contributed by atoms with E-state index in [1.54, 1.807) is 42.9 Å². The van der Waals surface area contributed by atoms with Crippen LogP contribution in [0.5, 0.6) is 5.75 Å².